The molecule has 2 aliphatic rings. The van der Waals surface area contributed by atoms with E-state index >= 15 is 0 Å². The van der Waals surface area contributed by atoms with Crippen LogP contribution >= 0.6 is 11.3 Å². The number of anilines is 3. The molecule has 10 aromatic carbocycles. The number of rotatable bonds is 4. The molecule has 12 aromatic rings. The van der Waals surface area contributed by atoms with Crippen LogP contribution in [0.4, 0.5) is 17.1 Å². The molecule has 4 heteroatoms. The van der Waals surface area contributed by atoms with Crippen LogP contribution in [-0.4, -0.2) is 4.57 Å². The minimum absolute atomic E-state index is 0.605. The standard InChI is InChI=1S/C59H36N2OS/c1-2-16-38(17-3-1)61-52-25-9-5-19-43(52)47-34-39(30-33-53(47)61)60(41-28-31-45-44-20-6-11-27-56(44)63-57(45)36-41)40-29-32-50-55(35-40)62-54-26-10-8-23-49(54)59(50)48-22-7-4-18-42(48)46-21-12-14-37-15-13-24-51(59)58(37)46/h1-36H. The maximum absolute atomic E-state index is 7.13. The van der Waals surface area contributed by atoms with Crippen molar-refractivity contribution in [3.05, 3.63) is 241 Å². The van der Waals surface area contributed by atoms with Gasteiger partial charge in [0.2, 0.25) is 0 Å². The zero-order valence-corrected chi connectivity index (χ0v) is 34.8. The molecule has 1 aliphatic heterocycles. The second kappa shape index (κ2) is 13.0. The molecule has 0 radical (unpaired) electrons. The van der Waals surface area contributed by atoms with E-state index in [0.717, 1.165) is 45.4 Å². The number of hydrogen-bond donors (Lipinski definition) is 0. The van der Waals surface area contributed by atoms with Crippen molar-refractivity contribution in [3.8, 4) is 28.3 Å². The quantitative estimate of drug-likeness (QED) is 0.176. The van der Waals surface area contributed by atoms with E-state index in [1.54, 1.807) is 0 Å². The van der Waals surface area contributed by atoms with E-state index in [1.165, 1.54) is 75.0 Å². The lowest BCUT2D eigenvalue weighted by molar-refractivity contribution is 0.435. The van der Waals surface area contributed by atoms with E-state index in [4.69, 9.17) is 4.74 Å². The van der Waals surface area contributed by atoms with Gasteiger partial charge in [0, 0.05) is 70.9 Å². The molecule has 0 saturated carbocycles. The minimum Gasteiger partial charge on any atom is -0.457 e. The Morgan fingerprint density at radius 1 is 0.397 bits per heavy atom. The van der Waals surface area contributed by atoms with Gasteiger partial charge in [-0.05, 0) is 99.8 Å². The summed E-state index contributed by atoms with van der Waals surface area (Å²) in [4.78, 5) is 2.42. The third kappa shape index (κ3) is 4.79. The average molecular weight is 821 g/mol. The van der Waals surface area contributed by atoms with E-state index in [0.29, 0.717) is 0 Å². The number of thiophene rings is 1. The largest absolute Gasteiger partial charge is 0.457 e. The lowest BCUT2D eigenvalue weighted by Crippen LogP contribution is -2.36. The summed E-state index contributed by atoms with van der Waals surface area (Å²) in [5.74, 6) is 1.73. The summed E-state index contributed by atoms with van der Waals surface area (Å²) < 4.78 is 12.1. The van der Waals surface area contributed by atoms with Gasteiger partial charge in [-0.2, -0.15) is 0 Å². The van der Waals surface area contributed by atoms with Gasteiger partial charge in [0.05, 0.1) is 16.4 Å². The highest BCUT2D eigenvalue weighted by Gasteiger charge is 2.49. The number of aromatic nitrogens is 1. The summed E-state index contributed by atoms with van der Waals surface area (Å²) >= 11 is 1.85. The Kier molecular flexibility index (Phi) is 7.20. The van der Waals surface area contributed by atoms with Crippen LogP contribution in [0, 0.1) is 0 Å². The zero-order valence-electron chi connectivity index (χ0n) is 34.0. The first-order chi connectivity index (χ1) is 31.2. The van der Waals surface area contributed by atoms with Crippen molar-refractivity contribution in [1.82, 2.24) is 4.57 Å². The molecule has 0 fully saturated rings. The Bertz CT molecular complexity index is 3860. The van der Waals surface area contributed by atoms with Gasteiger partial charge >= 0.3 is 0 Å². The second-order valence-electron chi connectivity index (χ2n) is 16.8. The van der Waals surface area contributed by atoms with Crippen molar-refractivity contribution in [1.29, 1.82) is 0 Å². The molecule has 1 spiro atoms. The zero-order chi connectivity index (χ0) is 41.2. The predicted molar refractivity (Wildman–Crippen MR) is 263 cm³/mol. The third-order valence-electron chi connectivity index (χ3n) is 13.6. The minimum atomic E-state index is -0.605. The van der Waals surface area contributed by atoms with Crippen molar-refractivity contribution >= 4 is 81.1 Å². The number of para-hydroxylation sites is 3. The molecule has 0 saturated heterocycles. The lowest BCUT2D eigenvalue weighted by atomic mass is 9.58. The smallest absolute Gasteiger partial charge is 0.134 e. The van der Waals surface area contributed by atoms with Crippen molar-refractivity contribution in [2.45, 2.75) is 5.41 Å². The predicted octanol–water partition coefficient (Wildman–Crippen LogP) is 16.2. The van der Waals surface area contributed by atoms with Crippen LogP contribution < -0.4 is 9.64 Å². The Labute approximate surface area is 367 Å². The van der Waals surface area contributed by atoms with Gasteiger partial charge in [-0.15, -0.1) is 11.3 Å². The van der Waals surface area contributed by atoms with Crippen molar-refractivity contribution in [3.63, 3.8) is 0 Å². The fraction of sp³-hybridized carbons (Fsp3) is 0.0169. The average Bonchev–Trinajstić information content (AvgIpc) is 3.88. The van der Waals surface area contributed by atoms with E-state index in [9.17, 15) is 0 Å². The molecule has 0 bridgehead atoms. The molecule has 0 amide bonds. The van der Waals surface area contributed by atoms with Gasteiger partial charge in [-0.3, -0.25) is 0 Å². The first-order valence-corrected chi connectivity index (χ1v) is 22.4. The maximum Gasteiger partial charge on any atom is 0.134 e. The number of ether oxygens (including phenoxy) is 1. The van der Waals surface area contributed by atoms with Crippen LogP contribution in [0.2, 0.25) is 0 Å². The molecule has 14 rings (SSSR count). The van der Waals surface area contributed by atoms with Gasteiger partial charge in [0.25, 0.3) is 0 Å². The molecular formula is C59H36N2OS. The Hall–Kier alpha value is -7.92. The van der Waals surface area contributed by atoms with Gasteiger partial charge in [0.1, 0.15) is 11.5 Å². The number of fused-ring (bicyclic) bond motifs is 14. The molecule has 2 aromatic heterocycles. The lowest BCUT2D eigenvalue weighted by Gasteiger charge is -2.45. The molecule has 3 heterocycles. The first-order valence-electron chi connectivity index (χ1n) is 21.6. The Balaban J connectivity index is 1.03. The van der Waals surface area contributed by atoms with Crippen LogP contribution in [0.25, 0.3) is 69.6 Å². The fourth-order valence-electron chi connectivity index (χ4n) is 11.1. The van der Waals surface area contributed by atoms with Gasteiger partial charge < -0.3 is 14.2 Å². The summed E-state index contributed by atoms with van der Waals surface area (Å²) in [7, 11) is 0. The van der Waals surface area contributed by atoms with Crippen molar-refractivity contribution < 1.29 is 4.74 Å². The SMILES string of the molecule is c1ccc(-n2c3ccccc3c3cc(N(c4ccc5c(c4)Oc4ccccc4C54c5ccccc5-c5cccc6cccc4c56)c4ccc5c(c4)sc4ccccc45)ccc32)cc1. The molecular weight excluding hydrogens is 785 g/mol. The summed E-state index contributed by atoms with van der Waals surface area (Å²) in [5, 5.41) is 7.53. The van der Waals surface area contributed by atoms with Crippen molar-refractivity contribution in [2.75, 3.05) is 4.90 Å². The summed E-state index contributed by atoms with van der Waals surface area (Å²) in [6, 6.07) is 80.2. The highest BCUT2D eigenvalue weighted by atomic mass is 32.1. The third-order valence-corrected chi connectivity index (χ3v) is 14.8. The Morgan fingerprint density at radius 3 is 1.95 bits per heavy atom. The van der Waals surface area contributed by atoms with Crippen LogP contribution in [0.1, 0.15) is 22.3 Å². The normalized spacial score (nSPS) is 14.9. The number of nitrogens with zero attached hydrogens (tertiary/aromatic N) is 2. The van der Waals surface area contributed by atoms with Crippen LogP contribution in [0.3, 0.4) is 0 Å². The molecule has 63 heavy (non-hydrogen) atoms. The van der Waals surface area contributed by atoms with Crippen LogP contribution in [0.15, 0.2) is 218 Å². The topological polar surface area (TPSA) is 17.4 Å². The highest BCUT2D eigenvalue weighted by molar-refractivity contribution is 7.25. The summed E-state index contributed by atoms with van der Waals surface area (Å²) in [5.41, 5.74) is 13.5. The number of benzene rings is 10. The molecule has 1 unspecified atom stereocenters. The maximum atomic E-state index is 7.13. The van der Waals surface area contributed by atoms with E-state index in [-0.39, 0.29) is 0 Å². The van der Waals surface area contributed by atoms with E-state index in [1.807, 2.05) is 11.3 Å². The molecule has 3 nitrogen and oxygen atoms in total. The molecule has 1 aliphatic carbocycles. The second-order valence-corrected chi connectivity index (χ2v) is 17.9. The fourth-order valence-corrected chi connectivity index (χ4v) is 12.2. The van der Waals surface area contributed by atoms with Gasteiger partial charge in [-0.1, -0.05) is 146 Å². The van der Waals surface area contributed by atoms with Gasteiger partial charge in [0.15, 0.2) is 0 Å². The summed E-state index contributed by atoms with van der Waals surface area (Å²) in [6.45, 7) is 0. The summed E-state index contributed by atoms with van der Waals surface area (Å²) in [6.07, 6.45) is 0. The Morgan fingerprint density at radius 2 is 1.03 bits per heavy atom. The molecule has 294 valence electrons. The van der Waals surface area contributed by atoms with E-state index < -0.39 is 5.41 Å². The highest BCUT2D eigenvalue weighted by Crippen LogP contribution is 2.61. The van der Waals surface area contributed by atoms with E-state index in [2.05, 4.69) is 228 Å². The van der Waals surface area contributed by atoms with Crippen LogP contribution in [0.5, 0.6) is 11.5 Å². The monoisotopic (exact) mass is 820 g/mol. The number of hydrogen-bond acceptors (Lipinski definition) is 3. The van der Waals surface area contributed by atoms with Gasteiger partial charge in [-0.25, -0.2) is 0 Å². The van der Waals surface area contributed by atoms with Crippen molar-refractivity contribution in [2.24, 2.45) is 0 Å². The molecule has 1 atom stereocenters. The molecule has 0 N–H and O–H groups in total. The first kappa shape index (κ1) is 34.8. The van der Waals surface area contributed by atoms with Crippen LogP contribution in [-0.2, 0) is 5.41 Å².